The molecule has 258 valence electrons. The Hall–Kier alpha value is -4.58. The molecule has 6 rings (SSSR count). The number of piperazine rings is 1. The van der Waals surface area contributed by atoms with Crippen molar-refractivity contribution in [2.24, 2.45) is 5.92 Å². The van der Waals surface area contributed by atoms with E-state index < -0.39 is 35.7 Å². The van der Waals surface area contributed by atoms with Crippen LogP contribution in [0.15, 0.2) is 83.6 Å². The summed E-state index contributed by atoms with van der Waals surface area (Å²) in [4.78, 5) is 48.9. The number of pyridine rings is 1. The normalized spacial score (nSPS) is 20.8. The standard InChI is InChI=1S/C38H45N5O6/c1-38(2,3)41-35(47)31-23-43(37(48)28-18-26-13-16-49-36(26)39-21-28)15-14-42(31)22-29(44)19-27(17-24-9-5-4-6-10-24)34(46)40-33-30-12-8-7-11-25(30)20-32(33)45/h4-13,16,18,21,27,29,31-33,44-45H,14-15,17,19-20,22-23H2,1-3H3,(H,40,46)(H,41,47)/t27-,29+,31+,32-,33?/m1/s1. The largest absolute Gasteiger partial charge is 0.446 e. The van der Waals surface area contributed by atoms with Crippen molar-refractivity contribution in [3.8, 4) is 0 Å². The van der Waals surface area contributed by atoms with Gasteiger partial charge in [0.2, 0.25) is 17.5 Å². The van der Waals surface area contributed by atoms with E-state index in [2.05, 4.69) is 15.6 Å². The zero-order valence-corrected chi connectivity index (χ0v) is 28.2. The van der Waals surface area contributed by atoms with E-state index in [0.717, 1.165) is 22.1 Å². The molecule has 11 heteroatoms. The first-order chi connectivity index (χ1) is 23.4. The number of β-amino-alcohol motifs (C(OH)–C–C–N with tert-alkyl or cyclic N) is 1. The van der Waals surface area contributed by atoms with E-state index in [1.54, 1.807) is 17.0 Å². The van der Waals surface area contributed by atoms with Crippen LogP contribution in [0.25, 0.3) is 11.1 Å². The molecule has 1 aliphatic carbocycles. The third-order valence-corrected chi connectivity index (χ3v) is 9.33. The van der Waals surface area contributed by atoms with Gasteiger partial charge in [-0.15, -0.1) is 0 Å². The highest BCUT2D eigenvalue weighted by Crippen LogP contribution is 2.32. The van der Waals surface area contributed by atoms with Gasteiger partial charge in [-0.2, -0.15) is 0 Å². The molecule has 3 amide bonds. The Morgan fingerprint density at radius 1 is 1.04 bits per heavy atom. The van der Waals surface area contributed by atoms with E-state index in [9.17, 15) is 24.6 Å². The number of hydrogen-bond donors (Lipinski definition) is 4. The number of furan rings is 1. The maximum atomic E-state index is 13.9. The Morgan fingerprint density at radius 3 is 2.57 bits per heavy atom. The number of hydrogen-bond acceptors (Lipinski definition) is 8. The molecule has 3 heterocycles. The number of amides is 3. The number of nitrogens with one attached hydrogen (secondary N) is 2. The van der Waals surface area contributed by atoms with Crippen LogP contribution in [0.1, 0.15) is 60.3 Å². The predicted molar refractivity (Wildman–Crippen MR) is 184 cm³/mol. The molecule has 2 aromatic carbocycles. The highest BCUT2D eigenvalue weighted by atomic mass is 16.3. The fourth-order valence-electron chi connectivity index (χ4n) is 6.96. The van der Waals surface area contributed by atoms with Crippen molar-refractivity contribution in [1.82, 2.24) is 25.4 Å². The fraction of sp³-hybridized carbons (Fsp3) is 0.421. The molecule has 2 aliphatic rings. The molecule has 1 unspecified atom stereocenters. The molecule has 11 nitrogen and oxygen atoms in total. The second-order valence-corrected chi connectivity index (χ2v) is 14.3. The van der Waals surface area contributed by atoms with Crippen molar-refractivity contribution in [2.75, 3.05) is 26.2 Å². The molecule has 4 N–H and O–H groups in total. The van der Waals surface area contributed by atoms with Gasteiger partial charge in [0, 0.05) is 55.6 Å². The lowest BCUT2D eigenvalue weighted by Gasteiger charge is -2.42. The van der Waals surface area contributed by atoms with Gasteiger partial charge >= 0.3 is 0 Å². The van der Waals surface area contributed by atoms with E-state index in [1.807, 2.05) is 80.3 Å². The van der Waals surface area contributed by atoms with Crippen molar-refractivity contribution in [2.45, 2.75) is 69.9 Å². The van der Waals surface area contributed by atoms with Gasteiger partial charge in [-0.05, 0) is 62.4 Å². The number of aliphatic hydroxyl groups excluding tert-OH is 2. The smallest absolute Gasteiger partial charge is 0.255 e. The summed E-state index contributed by atoms with van der Waals surface area (Å²) in [5.74, 6) is -1.32. The summed E-state index contributed by atoms with van der Waals surface area (Å²) in [5, 5.41) is 29.2. The molecule has 1 aliphatic heterocycles. The maximum Gasteiger partial charge on any atom is 0.255 e. The Labute approximate surface area is 286 Å². The maximum absolute atomic E-state index is 13.9. The first-order valence-electron chi connectivity index (χ1n) is 16.9. The summed E-state index contributed by atoms with van der Waals surface area (Å²) in [6.45, 7) is 6.66. The molecule has 49 heavy (non-hydrogen) atoms. The molecule has 4 aromatic rings. The van der Waals surface area contributed by atoms with Crippen molar-refractivity contribution in [1.29, 1.82) is 0 Å². The van der Waals surface area contributed by atoms with Crippen molar-refractivity contribution in [3.05, 3.63) is 101 Å². The Bertz CT molecular complexity index is 1790. The second kappa shape index (κ2) is 14.5. The van der Waals surface area contributed by atoms with Crippen LogP contribution >= 0.6 is 0 Å². The number of nitrogens with zero attached hydrogens (tertiary/aromatic N) is 3. The Balaban J connectivity index is 1.17. The van der Waals surface area contributed by atoms with Crippen LogP contribution in [0.3, 0.4) is 0 Å². The third-order valence-electron chi connectivity index (χ3n) is 9.33. The molecule has 0 bridgehead atoms. The van der Waals surface area contributed by atoms with Gasteiger partial charge in [-0.3, -0.25) is 19.3 Å². The number of carbonyl (C=O) groups excluding carboxylic acids is 3. The Kier molecular flexibility index (Phi) is 10.1. The average molecular weight is 668 g/mol. The van der Waals surface area contributed by atoms with Crippen molar-refractivity contribution < 1.29 is 29.0 Å². The molecule has 5 atom stereocenters. The lowest BCUT2D eigenvalue weighted by molar-refractivity contribution is -0.131. The summed E-state index contributed by atoms with van der Waals surface area (Å²) in [5.41, 5.74) is 3.22. The first kappa shape index (κ1) is 34.3. The Morgan fingerprint density at radius 2 is 1.80 bits per heavy atom. The van der Waals surface area contributed by atoms with Gasteiger partial charge in [-0.1, -0.05) is 54.6 Å². The zero-order valence-electron chi connectivity index (χ0n) is 28.2. The summed E-state index contributed by atoms with van der Waals surface area (Å²) in [6.07, 6.45) is 2.34. The van der Waals surface area contributed by atoms with E-state index in [-0.39, 0.29) is 37.2 Å². The van der Waals surface area contributed by atoms with Crippen LogP contribution < -0.4 is 10.6 Å². The van der Waals surface area contributed by atoms with Crippen LogP contribution in [0.5, 0.6) is 0 Å². The van der Waals surface area contributed by atoms with Crippen LogP contribution in [0.4, 0.5) is 0 Å². The molecular formula is C38H45N5O6. The van der Waals surface area contributed by atoms with Crippen LogP contribution in [-0.4, -0.2) is 92.7 Å². The van der Waals surface area contributed by atoms with Crippen LogP contribution in [0.2, 0.25) is 0 Å². The van der Waals surface area contributed by atoms with Gasteiger partial charge in [0.15, 0.2) is 0 Å². The van der Waals surface area contributed by atoms with Gasteiger partial charge in [0.25, 0.3) is 5.91 Å². The van der Waals surface area contributed by atoms with E-state index in [4.69, 9.17) is 4.42 Å². The van der Waals surface area contributed by atoms with Crippen LogP contribution in [-0.2, 0) is 22.4 Å². The van der Waals surface area contributed by atoms with E-state index in [1.165, 1.54) is 12.5 Å². The minimum atomic E-state index is -0.944. The van der Waals surface area contributed by atoms with Crippen LogP contribution in [0, 0.1) is 5.92 Å². The number of aromatic nitrogens is 1. The zero-order chi connectivity index (χ0) is 34.7. The van der Waals surface area contributed by atoms with Gasteiger partial charge < -0.3 is 30.2 Å². The quantitative estimate of drug-likeness (QED) is 0.202. The summed E-state index contributed by atoms with van der Waals surface area (Å²) >= 11 is 0. The minimum Gasteiger partial charge on any atom is -0.446 e. The average Bonchev–Trinajstić information content (AvgIpc) is 3.67. The topological polar surface area (TPSA) is 148 Å². The SMILES string of the molecule is CC(C)(C)NC(=O)[C@@H]1CN(C(=O)c2cnc3occc3c2)CCN1C[C@@H](O)C[C@@H](Cc1ccccc1)C(=O)NC1c2ccccc2C[C@H]1O. The molecule has 1 saturated heterocycles. The molecule has 1 fully saturated rings. The van der Waals surface area contributed by atoms with Crippen molar-refractivity contribution >= 4 is 28.8 Å². The highest BCUT2D eigenvalue weighted by molar-refractivity contribution is 5.97. The molecule has 0 radical (unpaired) electrons. The number of carbonyl (C=O) groups is 3. The second-order valence-electron chi connectivity index (χ2n) is 14.3. The van der Waals surface area contributed by atoms with Gasteiger partial charge in [-0.25, -0.2) is 4.98 Å². The predicted octanol–water partition coefficient (Wildman–Crippen LogP) is 3.25. The lowest BCUT2D eigenvalue weighted by Crippen LogP contribution is -2.62. The molecule has 0 spiro atoms. The van der Waals surface area contributed by atoms with Gasteiger partial charge in [0.05, 0.1) is 30.1 Å². The monoisotopic (exact) mass is 667 g/mol. The molecule has 2 aromatic heterocycles. The summed E-state index contributed by atoms with van der Waals surface area (Å²) < 4.78 is 5.32. The number of benzene rings is 2. The highest BCUT2D eigenvalue weighted by Gasteiger charge is 2.38. The molecule has 0 saturated carbocycles. The van der Waals surface area contributed by atoms with Crippen molar-refractivity contribution in [3.63, 3.8) is 0 Å². The third kappa shape index (κ3) is 8.18. The minimum absolute atomic E-state index is 0.129. The van der Waals surface area contributed by atoms with E-state index in [0.29, 0.717) is 37.2 Å². The van der Waals surface area contributed by atoms with E-state index >= 15 is 0 Å². The first-order valence-corrected chi connectivity index (χ1v) is 16.9. The number of aliphatic hydroxyl groups is 2. The lowest BCUT2D eigenvalue weighted by atomic mass is 9.91. The van der Waals surface area contributed by atoms with Gasteiger partial charge in [0.1, 0.15) is 6.04 Å². The number of fused-ring (bicyclic) bond motifs is 2. The summed E-state index contributed by atoms with van der Waals surface area (Å²) in [7, 11) is 0. The number of rotatable bonds is 10. The molecular weight excluding hydrogens is 622 g/mol. The summed E-state index contributed by atoms with van der Waals surface area (Å²) in [6, 6.07) is 19.6. The fourth-order valence-corrected chi connectivity index (χ4v) is 6.96.